The molecule has 8 heteroatoms. The summed E-state index contributed by atoms with van der Waals surface area (Å²) in [5.41, 5.74) is 1.22. The summed E-state index contributed by atoms with van der Waals surface area (Å²) in [4.78, 5) is 32.9. The fourth-order valence-electron chi connectivity index (χ4n) is 2.20. The van der Waals surface area contributed by atoms with Crippen molar-refractivity contribution in [3.63, 3.8) is 0 Å². The number of amides is 2. The number of anilines is 2. The summed E-state index contributed by atoms with van der Waals surface area (Å²) in [7, 11) is 0. The van der Waals surface area contributed by atoms with Crippen LogP contribution in [-0.4, -0.2) is 40.6 Å². The highest BCUT2D eigenvalue weighted by Gasteiger charge is 2.15. The third kappa shape index (κ3) is 4.23. The molecule has 0 unspecified atom stereocenters. The van der Waals surface area contributed by atoms with Gasteiger partial charge in [-0.05, 0) is 24.3 Å². The van der Waals surface area contributed by atoms with Gasteiger partial charge in [-0.3, -0.25) is 9.59 Å². The number of nitrogens with one attached hydrogen (secondary N) is 3. The quantitative estimate of drug-likeness (QED) is 0.716. The average molecular weight is 343 g/mol. The van der Waals surface area contributed by atoms with Crippen LogP contribution in [0, 0.1) is 0 Å². The van der Waals surface area contributed by atoms with Crippen LogP contribution in [0.5, 0.6) is 0 Å². The lowest BCUT2D eigenvalue weighted by Gasteiger charge is -2.10. The Morgan fingerprint density at radius 2 is 2.08 bits per heavy atom. The molecule has 0 saturated heterocycles. The molecule has 0 spiro atoms. The maximum atomic E-state index is 12.2. The van der Waals surface area contributed by atoms with Crippen molar-refractivity contribution in [3.8, 4) is 0 Å². The molecule has 124 valence electrons. The first-order chi connectivity index (χ1) is 11.7. The largest absolute Gasteiger partial charge is 0.352 e. The normalized spacial score (nSPS) is 13.4. The smallest absolute Gasteiger partial charge is 0.251 e. The number of hydrogen-bond donors (Lipinski definition) is 3. The van der Waals surface area contributed by atoms with E-state index in [9.17, 15) is 9.59 Å². The fraction of sp³-hybridized carbons (Fsp3) is 0.250. The monoisotopic (exact) mass is 343 g/mol. The molecule has 0 radical (unpaired) electrons. The first-order valence-electron chi connectivity index (χ1n) is 7.58. The average Bonchev–Trinajstić information content (AvgIpc) is 2.79. The lowest BCUT2D eigenvalue weighted by molar-refractivity contribution is -0.115. The van der Waals surface area contributed by atoms with Gasteiger partial charge in [0.1, 0.15) is 0 Å². The number of rotatable bonds is 5. The Balaban J connectivity index is 1.54. The lowest BCUT2D eigenvalue weighted by Crippen LogP contribution is -2.29. The Kier molecular flexibility index (Phi) is 5.27. The van der Waals surface area contributed by atoms with Crippen LogP contribution in [-0.2, 0) is 4.79 Å². The number of carbonyl (C=O) groups excluding carboxylic acids is 2. The van der Waals surface area contributed by atoms with Crippen LogP contribution >= 0.6 is 11.8 Å². The molecule has 1 aliphatic rings. The van der Waals surface area contributed by atoms with Gasteiger partial charge in [0.2, 0.25) is 11.9 Å². The van der Waals surface area contributed by atoms with Crippen molar-refractivity contribution in [3.05, 3.63) is 42.2 Å². The first-order valence-corrected chi connectivity index (χ1v) is 8.57. The second-order valence-corrected chi connectivity index (χ2v) is 6.25. The third-order valence-corrected chi connectivity index (χ3v) is 4.44. The van der Waals surface area contributed by atoms with Gasteiger partial charge in [-0.25, -0.2) is 9.97 Å². The van der Waals surface area contributed by atoms with E-state index in [1.54, 1.807) is 42.4 Å². The topological polar surface area (TPSA) is 96.0 Å². The van der Waals surface area contributed by atoms with Gasteiger partial charge in [0, 0.05) is 48.1 Å². The maximum Gasteiger partial charge on any atom is 0.251 e. The summed E-state index contributed by atoms with van der Waals surface area (Å²) < 4.78 is 0. The molecule has 1 aliphatic heterocycles. The van der Waals surface area contributed by atoms with Gasteiger partial charge in [-0.2, -0.15) is 0 Å². The van der Waals surface area contributed by atoms with Crippen molar-refractivity contribution in [1.29, 1.82) is 0 Å². The lowest BCUT2D eigenvalue weighted by atomic mass is 10.2. The van der Waals surface area contributed by atoms with E-state index in [2.05, 4.69) is 25.9 Å². The molecular formula is C16H17N5O2S. The van der Waals surface area contributed by atoms with E-state index >= 15 is 0 Å². The zero-order valence-electron chi connectivity index (χ0n) is 12.9. The fourth-order valence-corrected chi connectivity index (χ4v) is 3.14. The van der Waals surface area contributed by atoms with Gasteiger partial charge >= 0.3 is 0 Å². The van der Waals surface area contributed by atoms with Gasteiger partial charge in [0.15, 0.2) is 0 Å². The highest BCUT2D eigenvalue weighted by atomic mass is 32.2. The van der Waals surface area contributed by atoms with Crippen molar-refractivity contribution < 1.29 is 9.59 Å². The van der Waals surface area contributed by atoms with Gasteiger partial charge < -0.3 is 16.0 Å². The molecule has 2 amide bonds. The van der Waals surface area contributed by atoms with Crippen LogP contribution in [0.25, 0.3) is 0 Å². The molecule has 0 saturated carbocycles. The molecule has 0 aliphatic carbocycles. The van der Waals surface area contributed by atoms with E-state index in [0.717, 1.165) is 10.6 Å². The Bertz CT molecular complexity index is 739. The van der Waals surface area contributed by atoms with E-state index in [0.29, 0.717) is 36.7 Å². The molecule has 2 aromatic rings. The highest BCUT2D eigenvalue weighted by molar-refractivity contribution is 7.99. The molecule has 24 heavy (non-hydrogen) atoms. The number of benzene rings is 1. The predicted octanol–water partition coefficient (Wildman–Crippen LogP) is 1.75. The Labute approximate surface area is 143 Å². The van der Waals surface area contributed by atoms with Crippen molar-refractivity contribution in [1.82, 2.24) is 15.3 Å². The minimum Gasteiger partial charge on any atom is -0.352 e. The van der Waals surface area contributed by atoms with Crippen LogP contribution in [0.3, 0.4) is 0 Å². The van der Waals surface area contributed by atoms with E-state index in [1.807, 2.05) is 6.07 Å². The number of aromatic nitrogens is 2. The summed E-state index contributed by atoms with van der Waals surface area (Å²) in [5.74, 6) is 1.07. The summed E-state index contributed by atoms with van der Waals surface area (Å²) >= 11 is 1.61. The van der Waals surface area contributed by atoms with Gasteiger partial charge in [0.05, 0.1) is 5.69 Å². The molecule has 0 fully saturated rings. The Hall–Kier alpha value is -2.61. The predicted molar refractivity (Wildman–Crippen MR) is 93.3 cm³/mol. The second-order valence-electron chi connectivity index (χ2n) is 5.11. The molecule has 1 aromatic heterocycles. The van der Waals surface area contributed by atoms with Crippen molar-refractivity contribution in [2.45, 2.75) is 11.3 Å². The van der Waals surface area contributed by atoms with Gasteiger partial charge in [-0.1, -0.05) is 0 Å². The van der Waals surface area contributed by atoms with Crippen molar-refractivity contribution >= 4 is 35.2 Å². The molecule has 7 nitrogen and oxygen atoms in total. The standard InChI is InChI=1S/C16H17N5O2S/c22-14-4-9-24-13-3-2-11(10-12(13)21-14)15(23)17-7-8-20-16-18-5-1-6-19-16/h1-3,5-6,10H,4,7-9H2,(H,17,23)(H,21,22)(H,18,19,20). The summed E-state index contributed by atoms with van der Waals surface area (Å²) in [5, 5.41) is 8.68. The number of carbonyl (C=O) groups is 2. The van der Waals surface area contributed by atoms with Crippen LogP contribution in [0.1, 0.15) is 16.8 Å². The number of hydrogen-bond acceptors (Lipinski definition) is 6. The Morgan fingerprint density at radius 1 is 1.25 bits per heavy atom. The SMILES string of the molecule is O=C1CCSc2ccc(C(=O)NCCNc3ncccn3)cc2N1. The van der Waals surface area contributed by atoms with Crippen LogP contribution in [0.2, 0.25) is 0 Å². The number of fused-ring (bicyclic) bond motifs is 1. The number of thioether (sulfide) groups is 1. The van der Waals surface area contributed by atoms with Crippen LogP contribution in [0.15, 0.2) is 41.6 Å². The van der Waals surface area contributed by atoms with Gasteiger partial charge in [0.25, 0.3) is 5.91 Å². The number of nitrogens with zero attached hydrogens (tertiary/aromatic N) is 2. The summed E-state index contributed by atoms with van der Waals surface area (Å²) in [6.45, 7) is 0.961. The molecule has 3 rings (SSSR count). The van der Waals surface area contributed by atoms with E-state index in [4.69, 9.17) is 0 Å². The zero-order chi connectivity index (χ0) is 16.8. The van der Waals surface area contributed by atoms with Crippen LogP contribution in [0.4, 0.5) is 11.6 Å². The summed E-state index contributed by atoms with van der Waals surface area (Å²) in [6, 6.07) is 7.10. The van der Waals surface area contributed by atoms with Crippen molar-refractivity contribution in [2.24, 2.45) is 0 Å². The minimum atomic E-state index is -0.183. The molecule has 3 N–H and O–H groups in total. The molecular weight excluding hydrogens is 326 g/mol. The Morgan fingerprint density at radius 3 is 2.92 bits per heavy atom. The van der Waals surface area contributed by atoms with E-state index in [1.165, 1.54) is 0 Å². The van der Waals surface area contributed by atoms with Crippen molar-refractivity contribution in [2.75, 3.05) is 29.5 Å². The molecule has 0 atom stereocenters. The maximum absolute atomic E-state index is 12.2. The molecule has 1 aromatic carbocycles. The van der Waals surface area contributed by atoms with E-state index in [-0.39, 0.29) is 11.8 Å². The second kappa shape index (κ2) is 7.78. The third-order valence-electron chi connectivity index (χ3n) is 3.36. The van der Waals surface area contributed by atoms with Gasteiger partial charge in [-0.15, -0.1) is 11.8 Å². The minimum absolute atomic E-state index is 0.0223. The van der Waals surface area contributed by atoms with Crippen LogP contribution < -0.4 is 16.0 Å². The summed E-state index contributed by atoms with van der Waals surface area (Å²) in [6.07, 6.45) is 3.78. The highest BCUT2D eigenvalue weighted by Crippen LogP contribution is 2.31. The first kappa shape index (κ1) is 16.3. The zero-order valence-corrected chi connectivity index (χ0v) is 13.7. The van der Waals surface area contributed by atoms with E-state index < -0.39 is 0 Å². The molecule has 2 heterocycles. The molecule has 0 bridgehead atoms.